The molecular weight excluding hydrogens is 128 g/mol. The van der Waals surface area contributed by atoms with Gasteiger partial charge in [0.05, 0.1) is 0 Å². The molecule has 0 amide bonds. The molecule has 0 atom stereocenters. The number of carbonyl (C=O) groups excluding carboxylic acids is 1. The van der Waals surface area contributed by atoms with Crippen molar-refractivity contribution in [2.24, 2.45) is 5.92 Å². The summed E-state index contributed by atoms with van der Waals surface area (Å²) >= 11 is 0. The Morgan fingerprint density at radius 1 is 1.30 bits per heavy atom. The van der Waals surface area contributed by atoms with Gasteiger partial charge in [0, 0.05) is 18.8 Å². The van der Waals surface area contributed by atoms with Crippen LogP contribution in [0.1, 0.15) is 32.6 Å². The summed E-state index contributed by atoms with van der Waals surface area (Å²) in [5, 5.41) is 7.39. The molecule has 0 bridgehead atoms. The van der Waals surface area contributed by atoms with Gasteiger partial charge in [0.25, 0.3) is 0 Å². The summed E-state index contributed by atoms with van der Waals surface area (Å²) in [5.74, 6) is 0.591. The molecule has 2 nitrogen and oxygen atoms in total. The molecule has 58 valence electrons. The molecule has 1 fully saturated rings. The zero-order chi connectivity index (χ0) is 7.56. The lowest BCUT2D eigenvalue weighted by Crippen LogP contribution is -2.22. The molecule has 0 aromatic heterocycles. The molecule has 1 aliphatic rings. The van der Waals surface area contributed by atoms with E-state index in [0.29, 0.717) is 5.78 Å². The first-order chi connectivity index (χ1) is 4.70. The largest absolute Gasteiger partial charge is 0.443 e. The van der Waals surface area contributed by atoms with E-state index in [1.54, 1.807) is 6.92 Å². The quantitative estimate of drug-likeness (QED) is 0.502. The number of ketones is 1. The molecule has 0 aromatic rings. The van der Waals surface area contributed by atoms with E-state index in [1.165, 1.54) is 0 Å². The first-order valence-corrected chi connectivity index (χ1v) is 3.91. The zero-order valence-corrected chi connectivity index (χ0v) is 6.39. The SMILES string of the molecule is CC(=O)C1CCC([OH2+])CC1. The lowest BCUT2D eigenvalue weighted by molar-refractivity contribution is -0.122. The second-order valence-electron chi connectivity index (χ2n) is 3.16. The Labute approximate surface area is 61.2 Å². The van der Waals surface area contributed by atoms with Crippen molar-refractivity contribution in [1.29, 1.82) is 0 Å². The number of hydrogen-bond donors (Lipinski definition) is 0. The summed E-state index contributed by atoms with van der Waals surface area (Å²) in [6.07, 6.45) is 3.84. The maximum Gasteiger partial charge on any atom is 0.153 e. The molecule has 0 saturated heterocycles. The first kappa shape index (κ1) is 7.73. The summed E-state index contributed by atoms with van der Waals surface area (Å²) in [6.45, 7) is 1.66. The van der Waals surface area contributed by atoms with Crippen molar-refractivity contribution in [2.75, 3.05) is 0 Å². The van der Waals surface area contributed by atoms with Crippen LogP contribution in [0, 0.1) is 5.92 Å². The molecule has 1 aliphatic carbocycles. The molecule has 10 heavy (non-hydrogen) atoms. The fraction of sp³-hybridized carbons (Fsp3) is 0.875. The molecule has 2 N–H and O–H groups in total. The lowest BCUT2D eigenvalue weighted by Gasteiger charge is -2.20. The molecule has 0 spiro atoms. The standard InChI is InChI=1S/C8H14O2/c1-6(9)7-2-4-8(10)5-3-7/h7-8,10H,2-5H2,1H3/p+1. The molecule has 1 rings (SSSR count). The predicted octanol–water partition coefficient (Wildman–Crippen LogP) is 0.859. The van der Waals surface area contributed by atoms with Gasteiger partial charge in [0.15, 0.2) is 6.10 Å². The highest BCUT2D eigenvalue weighted by Gasteiger charge is 2.24. The Morgan fingerprint density at radius 2 is 1.80 bits per heavy atom. The van der Waals surface area contributed by atoms with Gasteiger partial charge in [0.2, 0.25) is 0 Å². The van der Waals surface area contributed by atoms with Gasteiger partial charge in [0.1, 0.15) is 5.78 Å². The lowest BCUT2D eigenvalue weighted by atomic mass is 9.85. The smallest absolute Gasteiger partial charge is 0.153 e. The summed E-state index contributed by atoms with van der Waals surface area (Å²) in [4.78, 5) is 10.8. The highest BCUT2D eigenvalue weighted by molar-refractivity contribution is 5.78. The summed E-state index contributed by atoms with van der Waals surface area (Å²) in [6, 6.07) is 0. The third kappa shape index (κ3) is 1.81. The fourth-order valence-electron chi connectivity index (χ4n) is 1.50. The van der Waals surface area contributed by atoms with E-state index < -0.39 is 0 Å². The van der Waals surface area contributed by atoms with Crippen LogP contribution >= 0.6 is 0 Å². The van der Waals surface area contributed by atoms with Crippen LogP contribution in [-0.4, -0.2) is 17.0 Å². The van der Waals surface area contributed by atoms with Crippen LogP contribution in [0.5, 0.6) is 0 Å². The van der Waals surface area contributed by atoms with Crippen molar-refractivity contribution in [3.8, 4) is 0 Å². The Balaban J connectivity index is 2.33. The summed E-state index contributed by atoms with van der Waals surface area (Å²) < 4.78 is 0. The Kier molecular flexibility index (Phi) is 2.44. The van der Waals surface area contributed by atoms with E-state index in [-0.39, 0.29) is 12.0 Å². The Hall–Kier alpha value is -0.370. The van der Waals surface area contributed by atoms with Crippen LogP contribution in [0.3, 0.4) is 0 Å². The van der Waals surface area contributed by atoms with Crippen LogP contribution < -0.4 is 0 Å². The Bertz CT molecular complexity index is 123. The fourth-order valence-corrected chi connectivity index (χ4v) is 1.50. The van der Waals surface area contributed by atoms with Crippen molar-refractivity contribution >= 4 is 5.78 Å². The molecule has 2 heteroatoms. The number of carbonyl (C=O) groups is 1. The van der Waals surface area contributed by atoms with Gasteiger partial charge >= 0.3 is 0 Å². The highest BCUT2D eigenvalue weighted by atomic mass is 16.3. The monoisotopic (exact) mass is 143 g/mol. The minimum atomic E-state index is 0.107. The molecule has 0 radical (unpaired) electrons. The molecule has 0 aromatic carbocycles. The summed E-state index contributed by atoms with van der Waals surface area (Å²) in [5.41, 5.74) is 0. The maximum atomic E-state index is 10.8. The van der Waals surface area contributed by atoms with E-state index >= 15 is 0 Å². The van der Waals surface area contributed by atoms with Gasteiger partial charge in [-0.2, -0.15) is 0 Å². The van der Waals surface area contributed by atoms with Gasteiger partial charge in [-0.15, -0.1) is 0 Å². The second kappa shape index (κ2) is 3.15. The second-order valence-corrected chi connectivity index (χ2v) is 3.16. The van der Waals surface area contributed by atoms with E-state index in [0.717, 1.165) is 25.7 Å². The molecule has 1 saturated carbocycles. The predicted molar refractivity (Wildman–Crippen MR) is 40.0 cm³/mol. The topological polar surface area (TPSA) is 40.0 Å². The normalized spacial score (nSPS) is 33.8. The van der Waals surface area contributed by atoms with Crippen LogP contribution in [0.2, 0.25) is 0 Å². The van der Waals surface area contributed by atoms with Gasteiger partial charge in [-0.05, 0) is 19.8 Å². The van der Waals surface area contributed by atoms with Gasteiger partial charge in [-0.3, -0.25) is 4.79 Å². The summed E-state index contributed by atoms with van der Waals surface area (Å²) in [7, 11) is 0. The van der Waals surface area contributed by atoms with Crippen molar-refractivity contribution in [1.82, 2.24) is 0 Å². The molecule has 0 heterocycles. The third-order valence-electron chi connectivity index (χ3n) is 2.30. The van der Waals surface area contributed by atoms with Crippen molar-refractivity contribution in [2.45, 2.75) is 38.7 Å². The minimum absolute atomic E-state index is 0.107. The van der Waals surface area contributed by atoms with Crippen LogP contribution in [0.4, 0.5) is 0 Å². The first-order valence-electron chi connectivity index (χ1n) is 3.91. The van der Waals surface area contributed by atoms with E-state index in [4.69, 9.17) is 5.11 Å². The van der Waals surface area contributed by atoms with Crippen LogP contribution in [0.15, 0.2) is 0 Å². The number of Topliss-reactive ketones (excluding diaryl/α,β-unsaturated/α-hetero) is 1. The van der Waals surface area contributed by atoms with Crippen molar-refractivity contribution in [3.63, 3.8) is 0 Å². The van der Waals surface area contributed by atoms with Crippen molar-refractivity contribution < 1.29 is 9.90 Å². The third-order valence-corrected chi connectivity index (χ3v) is 2.30. The average molecular weight is 143 g/mol. The molecule has 0 unspecified atom stereocenters. The van der Waals surface area contributed by atoms with Gasteiger partial charge in [-0.1, -0.05) is 0 Å². The van der Waals surface area contributed by atoms with Gasteiger partial charge < -0.3 is 5.11 Å². The van der Waals surface area contributed by atoms with Crippen LogP contribution in [0.25, 0.3) is 0 Å². The zero-order valence-electron chi connectivity index (χ0n) is 6.39. The van der Waals surface area contributed by atoms with E-state index in [1.807, 2.05) is 0 Å². The molecule has 0 aliphatic heterocycles. The average Bonchev–Trinajstić information content (AvgIpc) is 1.88. The van der Waals surface area contributed by atoms with Crippen molar-refractivity contribution in [3.05, 3.63) is 0 Å². The Morgan fingerprint density at radius 3 is 2.20 bits per heavy atom. The maximum absolute atomic E-state index is 10.8. The number of hydrogen-bond acceptors (Lipinski definition) is 1. The minimum Gasteiger partial charge on any atom is -0.443 e. The van der Waals surface area contributed by atoms with Gasteiger partial charge in [-0.25, -0.2) is 0 Å². The van der Waals surface area contributed by atoms with E-state index in [2.05, 4.69) is 0 Å². The van der Waals surface area contributed by atoms with Crippen LogP contribution in [-0.2, 0) is 4.79 Å². The number of rotatable bonds is 1. The van der Waals surface area contributed by atoms with E-state index in [9.17, 15) is 4.79 Å². The molecular formula is C8H15O2+. The highest BCUT2D eigenvalue weighted by Crippen LogP contribution is 2.24.